The number of benzene rings is 2. The molecule has 0 aliphatic heterocycles. The average Bonchev–Trinajstić information content (AvgIpc) is 2.80. The standard InChI is InChI=1S/C26H26N4O2/c1-4-25(21-8-6-5-7-9-21)20(3)28-19(2)18-32-24-12-10-22(11-13-24)29-26(31)30-23-14-16-27-17-15-23/h4-18H,1-3H3,(H2,27,29,30,31)/b19-18+,25-4+,28-20-. The van der Waals surface area contributed by atoms with E-state index in [2.05, 4.69) is 38.8 Å². The molecule has 2 N–H and O–H groups in total. The van der Waals surface area contributed by atoms with Gasteiger partial charge in [-0.25, -0.2) is 4.79 Å². The second kappa shape index (κ2) is 11.3. The van der Waals surface area contributed by atoms with E-state index in [1.807, 2.05) is 39.0 Å². The lowest BCUT2D eigenvalue weighted by atomic mass is 10.0. The summed E-state index contributed by atoms with van der Waals surface area (Å²) in [6, 6.07) is 20.4. The molecule has 0 saturated heterocycles. The molecule has 0 spiro atoms. The van der Waals surface area contributed by atoms with E-state index < -0.39 is 0 Å². The molecule has 3 aromatic rings. The molecule has 0 radical (unpaired) electrons. The Morgan fingerprint density at radius 2 is 1.53 bits per heavy atom. The number of rotatable bonds is 7. The summed E-state index contributed by atoms with van der Waals surface area (Å²) in [5, 5.41) is 5.51. The van der Waals surface area contributed by atoms with Gasteiger partial charge in [-0.05, 0) is 68.3 Å². The minimum atomic E-state index is -0.330. The van der Waals surface area contributed by atoms with Crippen molar-refractivity contribution in [1.82, 2.24) is 4.98 Å². The number of aromatic nitrogens is 1. The number of aliphatic imine (C=N–C) groups is 1. The van der Waals surface area contributed by atoms with Crippen LogP contribution in [0.15, 0.2) is 102 Å². The van der Waals surface area contributed by atoms with Gasteiger partial charge in [0.2, 0.25) is 0 Å². The molecule has 162 valence electrons. The van der Waals surface area contributed by atoms with Gasteiger partial charge in [0, 0.05) is 29.5 Å². The molecular weight excluding hydrogens is 400 g/mol. The summed E-state index contributed by atoms with van der Waals surface area (Å²) in [4.78, 5) is 20.6. The molecule has 0 fully saturated rings. The number of hydrogen-bond acceptors (Lipinski definition) is 4. The van der Waals surface area contributed by atoms with Crippen molar-refractivity contribution in [2.24, 2.45) is 4.99 Å². The van der Waals surface area contributed by atoms with Crippen molar-refractivity contribution in [2.45, 2.75) is 20.8 Å². The minimum Gasteiger partial charge on any atom is -0.463 e. The van der Waals surface area contributed by atoms with Gasteiger partial charge in [0.15, 0.2) is 0 Å². The van der Waals surface area contributed by atoms with Crippen LogP contribution < -0.4 is 15.4 Å². The number of ether oxygens (including phenoxy) is 1. The normalized spacial score (nSPS) is 12.3. The van der Waals surface area contributed by atoms with Crippen molar-refractivity contribution in [3.63, 3.8) is 0 Å². The number of anilines is 2. The molecule has 0 aliphatic rings. The van der Waals surface area contributed by atoms with E-state index in [1.165, 1.54) is 0 Å². The monoisotopic (exact) mass is 426 g/mol. The largest absolute Gasteiger partial charge is 0.463 e. The van der Waals surface area contributed by atoms with Gasteiger partial charge in [0.25, 0.3) is 0 Å². The van der Waals surface area contributed by atoms with Gasteiger partial charge in [0.05, 0.1) is 5.70 Å². The van der Waals surface area contributed by atoms with Crippen molar-refractivity contribution in [3.8, 4) is 5.75 Å². The molecule has 6 nitrogen and oxygen atoms in total. The van der Waals surface area contributed by atoms with Crippen LogP contribution in [-0.2, 0) is 0 Å². The van der Waals surface area contributed by atoms with Crippen molar-refractivity contribution in [2.75, 3.05) is 10.6 Å². The summed E-state index contributed by atoms with van der Waals surface area (Å²) in [5.41, 5.74) is 5.19. The van der Waals surface area contributed by atoms with E-state index in [9.17, 15) is 4.79 Å². The van der Waals surface area contributed by atoms with Crippen LogP contribution in [-0.4, -0.2) is 16.7 Å². The van der Waals surface area contributed by atoms with Gasteiger partial charge in [0.1, 0.15) is 12.0 Å². The van der Waals surface area contributed by atoms with Gasteiger partial charge >= 0.3 is 6.03 Å². The zero-order chi connectivity index (χ0) is 22.8. The average molecular weight is 427 g/mol. The lowest BCUT2D eigenvalue weighted by Gasteiger charge is -2.09. The maximum absolute atomic E-state index is 12.1. The zero-order valence-electron chi connectivity index (χ0n) is 18.4. The van der Waals surface area contributed by atoms with E-state index in [-0.39, 0.29) is 6.03 Å². The Morgan fingerprint density at radius 3 is 2.16 bits per heavy atom. The number of nitrogens with one attached hydrogen (secondary N) is 2. The Kier molecular flexibility index (Phi) is 7.92. The number of hydrogen-bond donors (Lipinski definition) is 2. The molecule has 1 heterocycles. The first-order chi connectivity index (χ1) is 15.5. The number of amides is 2. The van der Waals surface area contributed by atoms with Crippen LogP contribution in [0.1, 0.15) is 26.3 Å². The molecule has 0 unspecified atom stereocenters. The molecule has 32 heavy (non-hydrogen) atoms. The van der Waals surface area contributed by atoms with Crippen LogP contribution in [0.25, 0.3) is 5.57 Å². The van der Waals surface area contributed by atoms with Crippen LogP contribution in [0, 0.1) is 0 Å². The Balaban J connectivity index is 1.57. The van der Waals surface area contributed by atoms with E-state index in [4.69, 9.17) is 4.74 Å². The van der Waals surface area contributed by atoms with Crippen molar-refractivity contribution in [1.29, 1.82) is 0 Å². The van der Waals surface area contributed by atoms with Crippen molar-refractivity contribution < 1.29 is 9.53 Å². The van der Waals surface area contributed by atoms with Crippen molar-refractivity contribution in [3.05, 3.63) is 103 Å². The van der Waals surface area contributed by atoms with Crippen LogP contribution in [0.3, 0.4) is 0 Å². The Hall–Kier alpha value is -4.19. The van der Waals surface area contributed by atoms with Crippen molar-refractivity contribution >= 4 is 28.7 Å². The first kappa shape index (κ1) is 22.5. The van der Waals surface area contributed by atoms with Gasteiger partial charge in [-0.2, -0.15) is 0 Å². The highest BCUT2D eigenvalue weighted by Crippen LogP contribution is 2.19. The third-order valence-corrected chi connectivity index (χ3v) is 4.52. The van der Waals surface area contributed by atoms with Gasteiger partial charge in [-0.1, -0.05) is 36.4 Å². The Labute approximate surface area is 188 Å². The number of carbonyl (C=O) groups excluding carboxylic acids is 1. The third-order valence-electron chi connectivity index (χ3n) is 4.52. The first-order valence-electron chi connectivity index (χ1n) is 10.2. The second-order valence-electron chi connectivity index (χ2n) is 6.98. The van der Waals surface area contributed by atoms with E-state index in [0.29, 0.717) is 17.1 Å². The number of urea groups is 1. The fourth-order valence-electron chi connectivity index (χ4n) is 3.05. The molecule has 0 atom stereocenters. The molecule has 0 saturated carbocycles. The summed E-state index contributed by atoms with van der Waals surface area (Å²) >= 11 is 0. The highest BCUT2D eigenvalue weighted by molar-refractivity contribution is 6.22. The van der Waals surface area contributed by atoms with Crippen LogP contribution in [0.4, 0.5) is 16.2 Å². The van der Waals surface area contributed by atoms with Crippen LogP contribution >= 0.6 is 0 Å². The fourth-order valence-corrected chi connectivity index (χ4v) is 3.05. The van der Waals surface area contributed by atoms with E-state index in [0.717, 1.165) is 22.5 Å². The Bertz CT molecular complexity index is 1120. The summed E-state index contributed by atoms with van der Waals surface area (Å²) in [6.45, 7) is 5.88. The van der Waals surface area contributed by atoms with Crippen LogP contribution in [0.2, 0.25) is 0 Å². The highest BCUT2D eigenvalue weighted by Gasteiger charge is 2.05. The SMILES string of the molecule is C\C=C(/C(C)=N\C(C)=C\Oc1ccc(NC(=O)Nc2ccncc2)cc1)c1ccccc1. The molecule has 0 aliphatic carbocycles. The van der Waals surface area contributed by atoms with Gasteiger partial charge in [-0.15, -0.1) is 0 Å². The number of carbonyl (C=O) groups is 1. The quantitative estimate of drug-likeness (QED) is 0.333. The summed E-state index contributed by atoms with van der Waals surface area (Å²) < 4.78 is 5.72. The highest BCUT2D eigenvalue weighted by atomic mass is 16.5. The topological polar surface area (TPSA) is 75.6 Å². The third kappa shape index (κ3) is 6.67. The van der Waals surface area contributed by atoms with Gasteiger partial charge in [-0.3, -0.25) is 9.98 Å². The first-order valence-corrected chi connectivity index (χ1v) is 10.2. The molecular formula is C26H26N4O2. The Morgan fingerprint density at radius 1 is 0.906 bits per heavy atom. The lowest BCUT2D eigenvalue weighted by molar-refractivity contribution is 0.262. The summed E-state index contributed by atoms with van der Waals surface area (Å²) in [6.07, 6.45) is 6.90. The summed E-state index contributed by atoms with van der Waals surface area (Å²) in [5.74, 6) is 0.645. The maximum Gasteiger partial charge on any atom is 0.323 e. The maximum atomic E-state index is 12.1. The molecule has 2 amide bonds. The number of allylic oxidation sites excluding steroid dienone is 3. The zero-order valence-corrected chi connectivity index (χ0v) is 18.4. The molecule has 0 bridgehead atoms. The van der Waals surface area contributed by atoms with Crippen LogP contribution in [0.5, 0.6) is 5.75 Å². The fraction of sp³-hybridized carbons (Fsp3) is 0.115. The lowest BCUT2D eigenvalue weighted by Crippen LogP contribution is -2.19. The predicted molar refractivity (Wildman–Crippen MR) is 131 cm³/mol. The smallest absolute Gasteiger partial charge is 0.323 e. The number of pyridine rings is 1. The number of nitrogens with zero attached hydrogens (tertiary/aromatic N) is 2. The summed E-state index contributed by atoms with van der Waals surface area (Å²) in [7, 11) is 0. The molecule has 3 rings (SSSR count). The molecule has 6 heteroatoms. The van der Waals surface area contributed by atoms with E-state index in [1.54, 1.807) is 55.1 Å². The van der Waals surface area contributed by atoms with Gasteiger partial charge < -0.3 is 15.4 Å². The minimum absolute atomic E-state index is 0.330. The molecule has 2 aromatic carbocycles. The van der Waals surface area contributed by atoms with E-state index >= 15 is 0 Å². The predicted octanol–water partition coefficient (Wildman–Crippen LogP) is 6.53. The second-order valence-corrected chi connectivity index (χ2v) is 6.98. The molecule has 1 aromatic heterocycles.